The van der Waals surface area contributed by atoms with Gasteiger partial charge in [-0.2, -0.15) is 0 Å². The molecule has 0 heterocycles. The summed E-state index contributed by atoms with van der Waals surface area (Å²) in [6.07, 6.45) is 16.4. The maximum absolute atomic E-state index is 2.48. The van der Waals surface area contributed by atoms with Crippen LogP contribution in [-0.2, 0) is 6.42 Å². The van der Waals surface area contributed by atoms with Crippen LogP contribution in [0.1, 0.15) is 68.1 Å². The molecule has 1 saturated carbocycles. The molecule has 3 rings (SSSR count). The Labute approximate surface area is 117 Å². The minimum absolute atomic E-state index is 0.810. The third kappa shape index (κ3) is 3.00. The van der Waals surface area contributed by atoms with Crippen LogP contribution in [0.2, 0.25) is 0 Å². The highest BCUT2D eigenvalue weighted by molar-refractivity contribution is 5.59. The molecule has 0 saturated heterocycles. The summed E-state index contributed by atoms with van der Waals surface area (Å²) in [6.45, 7) is 2.19. The van der Waals surface area contributed by atoms with Crippen molar-refractivity contribution in [2.45, 2.75) is 57.8 Å². The quantitative estimate of drug-likeness (QED) is 0.567. The Kier molecular flexibility index (Phi) is 3.87. The largest absolute Gasteiger partial charge is 0.0772 e. The normalized spacial score (nSPS) is 20.4. The summed E-state index contributed by atoms with van der Waals surface area (Å²) >= 11 is 0. The summed E-state index contributed by atoms with van der Waals surface area (Å²) in [5.41, 5.74) is 5.88. The van der Waals surface area contributed by atoms with Gasteiger partial charge in [0.2, 0.25) is 0 Å². The predicted molar refractivity (Wildman–Crippen MR) is 83.4 cm³/mol. The maximum Gasteiger partial charge on any atom is -0.00857 e. The van der Waals surface area contributed by atoms with Crippen molar-refractivity contribution >= 4 is 6.08 Å². The Morgan fingerprint density at radius 3 is 2.53 bits per heavy atom. The number of allylic oxidation sites excluding steroid dienone is 3. The lowest BCUT2D eigenvalue weighted by atomic mass is 9.89. The van der Waals surface area contributed by atoms with Gasteiger partial charge < -0.3 is 0 Å². The minimum Gasteiger partial charge on any atom is -0.0772 e. The van der Waals surface area contributed by atoms with E-state index < -0.39 is 0 Å². The fraction of sp³-hybridized carbons (Fsp3) is 0.474. The van der Waals surface area contributed by atoms with Crippen LogP contribution in [0.15, 0.2) is 35.9 Å². The molecule has 0 bridgehead atoms. The van der Waals surface area contributed by atoms with Gasteiger partial charge in [0.1, 0.15) is 0 Å². The Balaban J connectivity index is 1.87. The molecule has 0 N–H and O–H groups in total. The molecule has 0 unspecified atom stereocenters. The first-order valence-corrected chi connectivity index (χ1v) is 7.80. The maximum atomic E-state index is 2.48. The van der Waals surface area contributed by atoms with Gasteiger partial charge in [0.15, 0.2) is 0 Å². The van der Waals surface area contributed by atoms with Crippen LogP contribution in [0.5, 0.6) is 0 Å². The molecular formula is C19H24. The summed E-state index contributed by atoms with van der Waals surface area (Å²) in [5.74, 6) is 0.810. The van der Waals surface area contributed by atoms with Crippen molar-refractivity contribution in [3.63, 3.8) is 0 Å². The van der Waals surface area contributed by atoms with E-state index >= 15 is 0 Å². The third-order valence-corrected chi connectivity index (χ3v) is 4.66. The SMILES string of the molecule is CC1=CCc2cc(C3CCCCCC3)ccc2C=C1. The number of hydrogen-bond acceptors (Lipinski definition) is 0. The average molecular weight is 252 g/mol. The van der Waals surface area contributed by atoms with Gasteiger partial charge in [0.25, 0.3) is 0 Å². The molecule has 1 aromatic carbocycles. The van der Waals surface area contributed by atoms with Crippen molar-refractivity contribution in [2.75, 3.05) is 0 Å². The van der Waals surface area contributed by atoms with Crippen LogP contribution >= 0.6 is 0 Å². The number of fused-ring (bicyclic) bond motifs is 1. The van der Waals surface area contributed by atoms with Gasteiger partial charge >= 0.3 is 0 Å². The highest BCUT2D eigenvalue weighted by Crippen LogP contribution is 2.33. The Bertz CT molecular complexity index is 497. The Morgan fingerprint density at radius 1 is 0.947 bits per heavy atom. The third-order valence-electron chi connectivity index (χ3n) is 4.66. The van der Waals surface area contributed by atoms with Crippen molar-refractivity contribution < 1.29 is 0 Å². The lowest BCUT2D eigenvalue weighted by Gasteiger charge is -2.16. The summed E-state index contributed by atoms with van der Waals surface area (Å²) in [5, 5.41) is 0. The molecular weight excluding hydrogens is 228 g/mol. The first-order valence-electron chi connectivity index (χ1n) is 7.80. The lowest BCUT2D eigenvalue weighted by Crippen LogP contribution is -1.99. The van der Waals surface area contributed by atoms with E-state index in [1.165, 1.54) is 55.2 Å². The molecule has 0 atom stereocenters. The molecule has 0 nitrogen and oxygen atoms in total. The van der Waals surface area contributed by atoms with E-state index in [4.69, 9.17) is 0 Å². The Morgan fingerprint density at radius 2 is 1.74 bits per heavy atom. The monoisotopic (exact) mass is 252 g/mol. The van der Waals surface area contributed by atoms with Crippen molar-refractivity contribution in [1.82, 2.24) is 0 Å². The van der Waals surface area contributed by atoms with Crippen LogP contribution in [0.3, 0.4) is 0 Å². The zero-order valence-corrected chi connectivity index (χ0v) is 12.0. The fourth-order valence-electron chi connectivity index (χ4n) is 3.39. The first-order chi connectivity index (χ1) is 9.33. The second kappa shape index (κ2) is 5.77. The molecule has 0 amide bonds. The average Bonchev–Trinajstić information content (AvgIpc) is 2.80. The van der Waals surface area contributed by atoms with Crippen molar-refractivity contribution in [1.29, 1.82) is 0 Å². The standard InChI is InChI=1S/C19H24/c1-15-8-10-17-12-13-19(14-18(17)11-9-15)16-6-4-2-3-5-7-16/h8-10,12-14,16H,2-7,11H2,1H3. The van der Waals surface area contributed by atoms with E-state index in [1.54, 1.807) is 5.56 Å². The van der Waals surface area contributed by atoms with Gasteiger partial charge in [0.05, 0.1) is 0 Å². The van der Waals surface area contributed by atoms with E-state index in [9.17, 15) is 0 Å². The smallest absolute Gasteiger partial charge is 0.00857 e. The van der Waals surface area contributed by atoms with Gasteiger partial charge in [-0.05, 0) is 48.8 Å². The van der Waals surface area contributed by atoms with E-state index in [0.717, 1.165) is 12.3 Å². The zero-order chi connectivity index (χ0) is 13.1. The molecule has 1 fully saturated rings. The molecule has 1 aromatic rings. The molecule has 2 aliphatic rings. The van der Waals surface area contributed by atoms with Crippen molar-refractivity contribution in [2.24, 2.45) is 0 Å². The summed E-state index contributed by atoms with van der Waals surface area (Å²) in [6, 6.07) is 7.18. The lowest BCUT2D eigenvalue weighted by molar-refractivity contribution is 0.592. The second-order valence-electron chi connectivity index (χ2n) is 6.13. The highest BCUT2D eigenvalue weighted by Gasteiger charge is 2.15. The van der Waals surface area contributed by atoms with E-state index in [-0.39, 0.29) is 0 Å². The summed E-state index contributed by atoms with van der Waals surface area (Å²) < 4.78 is 0. The topological polar surface area (TPSA) is 0 Å². The molecule has 0 radical (unpaired) electrons. The molecule has 2 aliphatic carbocycles. The van der Waals surface area contributed by atoms with Gasteiger partial charge in [-0.15, -0.1) is 0 Å². The molecule has 0 heteroatoms. The van der Waals surface area contributed by atoms with E-state index in [2.05, 4.69) is 43.4 Å². The van der Waals surface area contributed by atoms with Gasteiger partial charge in [0, 0.05) is 0 Å². The van der Waals surface area contributed by atoms with Crippen LogP contribution in [0, 0.1) is 0 Å². The Hall–Kier alpha value is -1.30. The van der Waals surface area contributed by atoms with Crippen LogP contribution in [0.25, 0.3) is 6.08 Å². The summed E-state index contributed by atoms with van der Waals surface area (Å²) in [4.78, 5) is 0. The van der Waals surface area contributed by atoms with Crippen molar-refractivity contribution in [3.05, 3.63) is 52.6 Å². The van der Waals surface area contributed by atoms with Crippen LogP contribution in [-0.4, -0.2) is 0 Å². The van der Waals surface area contributed by atoms with Crippen LogP contribution in [0.4, 0.5) is 0 Å². The second-order valence-corrected chi connectivity index (χ2v) is 6.13. The predicted octanol–water partition coefficient (Wildman–Crippen LogP) is 5.64. The highest BCUT2D eigenvalue weighted by atomic mass is 14.2. The molecule has 0 spiro atoms. The first kappa shape index (κ1) is 12.7. The van der Waals surface area contributed by atoms with Gasteiger partial charge in [-0.25, -0.2) is 0 Å². The number of hydrogen-bond donors (Lipinski definition) is 0. The molecule has 100 valence electrons. The zero-order valence-electron chi connectivity index (χ0n) is 12.0. The van der Waals surface area contributed by atoms with Crippen molar-refractivity contribution in [3.8, 4) is 0 Å². The number of rotatable bonds is 1. The van der Waals surface area contributed by atoms with Gasteiger partial charge in [-0.3, -0.25) is 0 Å². The number of benzene rings is 1. The van der Waals surface area contributed by atoms with Gasteiger partial charge in [-0.1, -0.05) is 67.7 Å². The molecule has 19 heavy (non-hydrogen) atoms. The fourth-order valence-corrected chi connectivity index (χ4v) is 3.39. The van der Waals surface area contributed by atoms with E-state index in [0.29, 0.717) is 0 Å². The minimum atomic E-state index is 0.810. The van der Waals surface area contributed by atoms with Crippen LogP contribution < -0.4 is 0 Å². The van der Waals surface area contributed by atoms with E-state index in [1.807, 2.05) is 0 Å². The summed E-state index contributed by atoms with van der Waals surface area (Å²) in [7, 11) is 0. The molecule has 0 aromatic heterocycles. The molecule has 0 aliphatic heterocycles.